The predicted octanol–water partition coefficient (Wildman–Crippen LogP) is 3.03. The molecule has 0 aliphatic carbocycles. The number of hydrazone groups is 1. The van der Waals surface area contributed by atoms with Gasteiger partial charge < -0.3 is 9.73 Å². The fraction of sp³-hybridized carbons (Fsp3) is 0.235. The van der Waals surface area contributed by atoms with Gasteiger partial charge in [-0.25, -0.2) is 5.43 Å². The maximum absolute atomic E-state index is 12.0. The van der Waals surface area contributed by atoms with Crippen molar-refractivity contribution in [3.8, 4) is 0 Å². The SMILES string of the molecule is C/C(=N\NC(=O)c1ccc(NC(=O)C(C)C)cc1)c1ccco1. The summed E-state index contributed by atoms with van der Waals surface area (Å²) in [5.74, 6) is 0.0902. The maximum Gasteiger partial charge on any atom is 0.271 e. The molecular formula is C17H19N3O3. The van der Waals surface area contributed by atoms with Gasteiger partial charge >= 0.3 is 0 Å². The van der Waals surface area contributed by atoms with E-state index in [4.69, 9.17) is 4.42 Å². The van der Waals surface area contributed by atoms with Gasteiger partial charge in [0.25, 0.3) is 5.91 Å². The van der Waals surface area contributed by atoms with Crippen LogP contribution in [0.5, 0.6) is 0 Å². The first kappa shape index (κ1) is 16.5. The Morgan fingerprint density at radius 2 is 1.83 bits per heavy atom. The van der Waals surface area contributed by atoms with E-state index in [1.54, 1.807) is 49.6 Å². The lowest BCUT2D eigenvalue weighted by atomic mass is 10.1. The highest BCUT2D eigenvalue weighted by molar-refractivity contribution is 5.99. The molecule has 0 aliphatic rings. The molecule has 23 heavy (non-hydrogen) atoms. The first-order valence-corrected chi connectivity index (χ1v) is 7.27. The molecule has 120 valence electrons. The van der Waals surface area contributed by atoms with E-state index in [9.17, 15) is 9.59 Å². The van der Waals surface area contributed by atoms with Crippen LogP contribution in [0, 0.1) is 5.92 Å². The molecule has 2 N–H and O–H groups in total. The van der Waals surface area contributed by atoms with Crippen molar-refractivity contribution in [2.75, 3.05) is 5.32 Å². The van der Waals surface area contributed by atoms with Crippen molar-refractivity contribution in [3.63, 3.8) is 0 Å². The fourth-order valence-corrected chi connectivity index (χ4v) is 1.73. The van der Waals surface area contributed by atoms with Gasteiger partial charge in [0.1, 0.15) is 11.5 Å². The summed E-state index contributed by atoms with van der Waals surface area (Å²) < 4.78 is 5.18. The molecule has 0 radical (unpaired) electrons. The van der Waals surface area contributed by atoms with Gasteiger partial charge in [-0.05, 0) is 43.3 Å². The number of carbonyl (C=O) groups excluding carboxylic acids is 2. The highest BCUT2D eigenvalue weighted by Crippen LogP contribution is 2.11. The van der Waals surface area contributed by atoms with Crippen LogP contribution in [0.25, 0.3) is 0 Å². The van der Waals surface area contributed by atoms with Crippen LogP contribution < -0.4 is 10.7 Å². The molecule has 0 aliphatic heterocycles. The quantitative estimate of drug-likeness (QED) is 0.657. The smallest absolute Gasteiger partial charge is 0.271 e. The van der Waals surface area contributed by atoms with Crippen LogP contribution in [-0.4, -0.2) is 17.5 Å². The molecule has 0 atom stereocenters. The van der Waals surface area contributed by atoms with Gasteiger partial charge in [-0.3, -0.25) is 9.59 Å². The van der Waals surface area contributed by atoms with E-state index in [0.29, 0.717) is 22.7 Å². The van der Waals surface area contributed by atoms with Crippen LogP contribution in [0.2, 0.25) is 0 Å². The average molecular weight is 313 g/mol. The van der Waals surface area contributed by atoms with E-state index in [1.807, 2.05) is 13.8 Å². The lowest BCUT2D eigenvalue weighted by Crippen LogP contribution is -2.20. The predicted molar refractivity (Wildman–Crippen MR) is 88.3 cm³/mol. The molecule has 0 saturated carbocycles. The van der Waals surface area contributed by atoms with Gasteiger partial charge in [-0.15, -0.1) is 0 Å². The topological polar surface area (TPSA) is 83.7 Å². The summed E-state index contributed by atoms with van der Waals surface area (Å²) in [6, 6.07) is 10.1. The standard InChI is InChI=1S/C17H19N3O3/c1-11(2)16(21)18-14-8-6-13(7-9-14)17(22)20-19-12(3)15-5-4-10-23-15/h4-11H,1-3H3,(H,18,21)(H,20,22)/b19-12+. The van der Waals surface area contributed by atoms with Gasteiger partial charge in [-0.1, -0.05) is 13.8 Å². The second kappa shape index (κ2) is 7.40. The second-order valence-electron chi connectivity index (χ2n) is 5.34. The molecule has 2 amide bonds. The molecule has 1 aromatic heterocycles. The van der Waals surface area contributed by atoms with Crippen LogP contribution in [0.15, 0.2) is 52.2 Å². The van der Waals surface area contributed by atoms with Crippen molar-refractivity contribution in [2.45, 2.75) is 20.8 Å². The number of rotatable bonds is 5. The van der Waals surface area contributed by atoms with E-state index in [0.717, 1.165) is 0 Å². The molecule has 1 heterocycles. The van der Waals surface area contributed by atoms with E-state index in [2.05, 4.69) is 15.8 Å². The highest BCUT2D eigenvalue weighted by Gasteiger charge is 2.09. The molecule has 0 saturated heterocycles. The zero-order valence-electron chi connectivity index (χ0n) is 13.3. The van der Waals surface area contributed by atoms with E-state index in [1.165, 1.54) is 0 Å². The number of hydrogen-bond donors (Lipinski definition) is 2. The first-order chi connectivity index (χ1) is 11.0. The minimum atomic E-state index is -0.336. The minimum absolute atomic E-state index is 0.0686. The van der Waals surface area contributed by atoms with Crippen LogP contribution in [0.1, 0.15) is 36.9 Å². The second-order valence-corrected chi connectivity index (χ2v) is 5.34. The average Bonchev–Trinajstić information content (AvgIpc) is 3.07. The normalized spacial score (nSPS) is 11.4. The third kappa shape index (κ3) is 4.54. The number of nitrogens with one attached hydrogen (secondary N) is 2. The number of amides is 2. The summed E-state index contributed by atoms with van der Waals surface area (Å²) in [5.41, 5.74) is 4.14. The molecule has 0 bridgehead atoms. The van der Waals surface area contributed by atoms with Crippen LogP contribution in [-0.2, 0) is 4.79 Å². The van der Waals surface area contributed by atoms with Gasteiger partial charge in [0.2, 0.25) is 5.91 Å². The van der Waals surface area contributed by atoms with Crippen molar-refractivity contribution in [1.29, 1.82) is 0 Å². The van der Waals surface area contributed by atoms with Gasteiger partial charge in [0, 0.05) is 17.2 Å². The van der Waals surface area contributed by atoms with Crippen LogP contribution in [0.3, 0.4) is 0 Å². The van der Waals surface area contributed by atoms with Crippen molar-refractivity contribution < 1.29 is 14.0 Å². The Kier molecular flexibility index (Phi) is 5.30. The Hall–Kier alpha value is -2.89. The van der Waals surface area contributed by atoms with Crippen molar-refractivity contribution in [2.24, 2.45) is 11.0 Å². The molecule has 6 nitrogen and oxygen atoms in total. The molecule has 2 aromatic rings. The lowest BCUT2D eigenvalue weighted by molar-refractivity contribution is -0.118. The summed E-state index contributed by atoms with van der Waals surface area (Å²) in [5, 5.41) is 6.76. The molecular weight excluding hydrogens is 294 g/mol. The fourth-order valence-electron chi connectivity index (χ4n) is 1.73. The number of furan rings is 1. The van der Waals surface area contributed by atoms with Crippen molar-refractivity contribution in [1.82, 2.24) is 5.43 Å². The first-order valence-electron chi connectivity index (χ1n) is 7.27. The lowest BCUT2D eigenvalue weighted by Gasteiger charge is -2.08. The Balaban J connectivity index is 1.98. The summed E-state index contributed by atoms with van der Waals surface area (Å²) in [6.45, 7) is 5.37. The van der Waals surface area contributed by atoms with Crippen LogP contribution >= 0.6 is 0 Å². The molecule has 0 spiro atoms. The van der Waals surface area contributed by atoms with Crippen molar-refractivity contribution >= 4 is 23.2 Å². The summed E-state index contributed by atoms with van der Waals surface area (Å²) in [4.78, 5) is 23.6. The summed E-state index contributed by atoms with van der Waals surface area (Å²) in [6.07, 6.45) is 1.54. The number of benzene rings is 1. The summed E-state index contributed by atoms with van der Waals surface area (Å²) in [7, 11) is 0. The molecule has 0 unspecified atom stereocenters. The number of anilines is 1. The number of hydrogen-bond acceptors (Lipinski definition) is 4. The monoisotopic (exact) mass is 313 g/mol. The Bertz CT molecular complexity index is 701. The zero-order chi connectivity index (χ0) is 16.8. The molecule has 2 rings (SSSR count). The largest absolute Gasteiger partial charge is 0.463 e. The van der Waals surface area contributed by atoms with E-state index < -0.39 is 0 Å². The minimum Gasteiger partial charge on any atom is -0.463 e. The maximum atomic E-state index is 12.0. The zero-order valence-corrected chi connectivity index (χ0v) is 13.3. The van der Waals surface area contributed by atoms with E-state index in [-0.39, 0.29) is 17.7 Å². The number of carbonyl (C=O) groups is 2. The van der Waals surface area contributed by atoms with Crippen LogP contribution in [0.4, 0.5) is 5.69 Å². The Morgan fingerprint density at radius 3 is 2.39 bits per heavy atom. The molecule has 0 fully saturated rings. The number of nitrogens with zero attached hydrogens (tertiary/aromatic N) is 1. The van der Waals surface area contributed by atoms with Gasteiger partial charge in [0.15, 0.2) is 0 Å². The van der Waals surface area contributed by atoms with Gasteiger partial charge in [-0.2, -0.15) is 5.10 Å². The molecule has 6 heteroatoms. The highest BCUT2D eigenvalue weighted by atomic mass is 16.3. The molecule has 1 aromatic carbocycles. The van der Waals surface area contributed by atoms with Crippen molar-refractivity contribution in [3.05, 3.63) is 54.0 Å². The third-order valence-electron chi connectivity index (χ3n) is 3.14. The Labute approximate surface area is 134 Å². The Morgan fingerprint density at radius 1 is 1.13 bits per heavy atom. The third-order valence-corrected chi connectivity index (χ3v) is 3.14. The van der Waals surface area contributed by atoms with Gasteiger partial charge in [0.05, 0.1) is 6.26 Å². The van der Waals surface area contributed by atoms with E-state index >= 15 is 0 Å². The summed E-state index contributed by atoms with van der Waals surface area (Å²) >= 11 is 0.